The fraction of sp³-hybridized carbons (Fsp3) is 0.440. The summed E-state index contributed by atoms with van der Waals surface area (Å²) in [6, 6.07) is 4.09. The van der Waals surface area contributed by atoms with Crippen molar-refractivity contribution in [3.8, 4) is 5.75 Å². The number of piperazine rings is 1. The molecule has 10 nitrogen and oxygen atoms in total. The number of amides is 1. The molecule has 6 rings (SSSR count). The predicted octanol–water partition coefficient (Wildman–Crippen LogP) is 3.22. The number of hydrogen-bond acceptors (Lipinski definition) is 8. The third kappa shape index (κ3) is 4.26. The lowest BCUT2D eigenvalue weighted by atomic mass is 10.0. The molecule has 4 heterocycles. The van der Waals surface area contributed by atoms with Crippen LogP contribution in [0.5, 0.6) is 5.75 Å². The van der Waals surface area contributed by atoms with E-state index in [0.717, 1.165) is 0 Å². The summed E-state index contributed by atoms with van der Waals surface area (Å²) in [4.78, 5) is 37.4. The first-order valence-electron chi connectivity index (χ1n) is 12.3. The van der Waals surface area contributed by atoms with Gasteiger partial charge in [-0.25, -0.2) is 13.8 Å². The number of carbonyl (C=O) groups excluding carboxylic acids is 1. The first kappa shape index (κ1) is 24.7. The van der Waals surface area contributed by atoms with Crippen LogP contribution in [-0.4, -0.2) is 70.6 Å². The molecule has 1 saturated carbocycles. The number of nitrogens with one attached hydrogen (secondary N) is 2. The van der Waals surface area contributed by atoms with E-state index in [2.05, 4.69) is 20.6 Å². The van der Waals surface area contributed by atoms with E-state index >= 15 is 0 Å². The van der Waals surface area contributed by atoms with Gasteiger partial charge in [0.15, 0.2) is 12.4 Å². The van der Waals surface area contributed by atoms with Crippen LogP contribution < -0.4 is 25.8 Å². The summed E-state index contributed by atoms with van der Waals surface area (Å²) in [6.07, 6.45) is 2.86. The smallest absolute Gasteiger partial charge is 0.301 e. The largest absolute Gasteiger partial charge is 0.480 e. The van der Waals surface area contributed by atoms with Crippen molar-refractivity contribution in [1.82, 2.24) is 19.4 Å². The summed E-state index contributed by atoms with van der Waals surface area (Å²) < 4.78 is 36.6. The van der Waals surface area contributed by atoms with Gasteiger partial charge in [0.2, 0.25) is 17.6 Å². The van der Waals surface area contributed by atoms with Gasteiger partial charge in [-0.3, -0.25) is 9.59 Å². The Labute approximate surface area is 221 Å². The topological polar surface area (TPSA) is 105 Å². The van der Waals surface area contributed by atoms with Gasteiger partial charge < -0.3 is 29.7 Å². The van der Waals surface area contributed by atoms with Crippen molar-refractivity contribution >= 4 is 51.6 Å². The lowest BCUT2D eigenvalue weighted by molar-refractivity contribution is -0.129. The molecule has 2 N–H and O–H groups in total. The summed E-state index contributed by atoms with van der Waals surface area (Å²) in [6.45, 7) is 0.434. The molecule has 2 aliphatic heterocycles. The maximum absolute atomic E-state index is 14.9. The van der Waals surface area contributed by atoms with Crippen LogP contribution in [0.15, 0.2) is 29.2 Å². The Morgan fingerprint density at radius 2 is 2.00 bits per heavy atom. The zero-order valence-corrected chi connectivity index (χ0v) is 21.6. The van der Waals surface area contributed by atoms with Crippen LogP contribution in [0.3, 0.4) is 0 Å². The molecule has 200 valence electrons. The van der Waals surface area contributed by atoms with Crippen LogP contribution in [0, 0.1) is 5.92 Å². The van der Waals surface area contributed by atoms with Gasteiger partial charge in [-0.2, -0.15) is 4.98 Å². The number of benzene rings is 1. The number of alkyl halides is 2. The molecule has 38 heavy (non-hydrogen) atoms. The third-order valence-electron chi connectivity index (χ3n) is 7.34. The molecular formula is C25H26ClF2N7O3. The fourth-order valence-electron chi connectivity index (χ4n) is 4.95. The third-order valence-corrected chi connectivity index (χ3v) is 7.62. The number of nitrogens with zero attached hydrogens (tertiary/aromatic N) is 5. The number of likely N-dealkylation sites (N-methyl/N-ethyl adjacent to an activating group) is 1. The minimum Gasteiger partial charge on any atom is -0.480 e. The maximum Gasteiger partial charge on any atom is 0.301 e. The van der Waals surface area contributed by atoms with Crippen molar-refractivity contribution in [2.24, 2.45) is 13.0 Å². The maximum atomic E-state index is 14.9. The Bertz CT molecular complexity index is 1510. The van der Waals surface area contributed by atoms with Crippen molar-refractivity contribution < 1.29 is 18.3 Å². The molecule has 1 saturated heterocycles. The van der Waals surface area contributed by atoms with E-state index in [1.807, 2.05) is 0 Å². The number of anilines is 4. The molecular weight excluding hydrogens is 520 g/mol. The van der Waals surface area contributed by atoms with Crippen LogP contribution in [0.4, 0.5) is 31.9 Å². The highest BCUT2D eigenvalue weighted by atomic mass is 35.5. The molecule has 1 aromatic carbocycles. The molecule has 1 unspecified atom stereocenters. The molecule has 3 aromatic rings. The highest BCUT2D eigenvalue weighted by Crippen LogP contribution is 2.45. The quantitative estimate of drug-likeness (QED) is 0.515. The predicted molar refractivity (Wildman–Crippen MR) is 140 cm³/mol. The molecule has 0 bridgehead atoms. The molecule has 0 radical (unpaired) electrons. The lowest BCUT2D eigenvalue weighted by Gasteiger charge is -2.32. The Morgan fingerprint density at radius 3 is 2.74 bits per heavy atom. The van der Waals surface area contributed by atoms with E-state index in [0.29, 0.717) is 54.3 Å². The van der Waals surface area contributed by atoms with Crippen LogP contribution in [0.25, 0.3) is 10.9 Å². The summed E-state index contributed by atoms with van der Waals surface area (Å²) in [5.41, 5.74) is 0.894. The monoisotopic (exact) mass is 545 g/mol. The first-order chi connectivity index (χ1) is 18.1. The number of rotatable bonds is 4. The normalized spacial score (nSPS) is 21.0. The van der Waals surface area contributed by atoms with Gasteiger partial charge >= 0.3 is 5.92 Å². The van der Waals surface area contributed by atoms with Crippen LogP contribution in [0.2, 0.25) is 5.02 Å². The van der Waals surface area contributed by atoms with Crippen molar-refractivity contribution in [2.45, 2.75) is 24.8 Å². The SMILES string of the molecule is CN1CCN(c2ncc(Cl)c(Nc3ccc4c(c3)c3c(c(=O)n4C)OCC(F)(F)C(C4CC4)N3)n2)CC1=O. The van der Waals surface area contributed by atoms with Crippen LogP contribution >= 0.6 is 11.6 Å². The second-order valence-electron chi connectivity index (χ2n) is 10.0. The Morgan fingerprint density at radius 1 is 1.21 bits per heavy atom. The van der Waals surface area contributed by atoms with E-state index in [1.165, 1.54) is 10.8 Å². The number of carbonyl (C=O) groups is 1. The summed E-state index contributed by atoms with van der Waals surface area (Å²) in [7, 11) is 3.33. The van der Waals surface area contributed by atoms with Gasteiger partial charge in [0.25, 0.3) is 5.56 Å². The number of aryl methyl sites for hydroxylation is 1. The van der Waals surface area contributed by atoms with Gasteiger partial charge in [0.05, 0.1) is 30.0 Å². The molecule has 3 aliphatic rings. The summed E-state index contributed by atoms with van der Waals surface area (Å²) >= 11 is 6.39. The number of halogens is 3. The highest BCUT2D eigenvalue weighted by Gasteiger charge is 2.51. The van der Waals surface area contributed by atoms with E-state index in [1.54, 1.807) is 42.1 Å². The lowest BCUT2D eigenvalue weighted by Crippen LogP contribution is -2.49. The number of hydrogen-bond donors (Lipinski definition) is 2. The second kappa shape index (κ2) is 8.97. The molecule has 2 aromatic heterocycles. The summed E-state index contributed by atoms with van der Waals surface area (Å²) in [5.74, 6) is -2.77. The Balaban J connectivity index is 1.38. The number of ether oxygens (including phenoxy) is 1. The minimum absolute atomic E-state index is 0.0325. The average Bonchev–Trinajstić information content (AvgIpc) is 3.73. The van der Waals surface area contributed by atoms with Crippen molar-refractivity contribution in [3.63, 3.8) is 0 Å². The molecule has 1 aliphatic carbocycles. The van der Waals surface area contributed by atoms with Gasteiger partial charge in [0.1, 0.15) is 5.02 Å². The van der Waals surface area contributed by atoms with Gasteiger partial charge in [-0.05, 0) is 37.0 Å². The van der Waals surface area contributed by atoms with Gasteiger partial charge in [-0.1, -0.05) is 11.6 Å². The van der Waals surface area contributed by atoms with Crippen molar-refractivity contribution in [1.29, 1.82) is 0 Å². The average molecular weight is 546 g/mol. The Hall–Kier alpha value is -3.67. The molecule has 2 fully saturated rings. The van der Waals surface area contributed by atoms with E-state index in [9.17, 15) is 18.4 Å². The number of aromatic nitrogens is 3. The fourth-order valence-corrected chi connectivity index (χ4v) is 5.09. The van der Waals surface area contributed by atoms with E-state index in [4.69, 9.17) is 16.3 Å². The van der Waals surface area contributed by atoms with Gasteiger partial charge in [-0.15, -0.1) is 0 Å². The van der Waals surface area contributed by atoms with Crippen molar-refractivity contribution in [2.75, 3.05) is 48.8 Å². The second-order valence-corrected chi connectivity index (χ2v) is 10.4. The van der Waals surface area contributed by atoms with E-state index < -0.39 is 24.1 Å². The van der Waals surface area contributed by atoms with E-state index in [-0.39, 0.29) is 34.8 Å². The first-order valence-corrected chi connectivity index (χ1v) is 12.7. The molecule has 13 heteroatoms. The standard InChI is InChI=1S/C25H26ClF2N7O3/c1-33-7-8-35(11-18(33)36)24-29-10-16(26)22(32-24)30-14-5-6-17-15(9-14)19-20(23(37)34(17)2)38-12-25(27,28)21(31-19)13-3-4-13/h5-6,9-10,13,21,31H,3-4,7-8,11-12H2,1-2H3,(H,29,30,32). The highest BCUT2D eigenvalue weighted by molar-refractivity contribution is 6.33. The minimum atomic E-state index is -3.12. The van der Waals surface area contributed by atoms with Gasteiger partial charge in [0, 0.05) is 38.3 Å². The molecule has 0 spiro atoms. The van der Waals surface area contributed by atoms with Crippen molar-refractivity contribution in [3.05, 3.63) is 39.8 Å². The number of pyridine rings is 1. The Kier molecular flexibility index (Phi) is 5.82. The van der Waals surface area contributed by atoms with Crippen LogP contribution in [0.1, 0.15) is 12.8 Å². The molecule has 1 amide bonds. The van der Waals surface area contributed by atoms with Crippen LogP contribution in [-0.2, 0) is 11.8 Å². The zero-order valence-electron chi connectivity index (χ0n) is 20.8. The summed E-state index contributed by atoms with van der Waals surface area (Å²) in [5, 5.41) is 6.96. The zero-order chi connectivity index (χ0) is 26.8. The number of fused-ring (bicyclic) bond motifs is 3. The molecule has 1 atom stereocenters.